The third-order valence-electron chi connectivity index (χ3n) is 3.35. The van der Waals surface area contributed by atoms with Gasteiger partial charge in [-0.3, -0.25) is 9.59 Å². The molecule has 1 fully saturated rings. The molecule has 19 heavy (non-hydrogen) atoms. The highest BCUT2D eigenvalue weighted by molar-refractivity contribution is 7.11. The Morgan fingerprint density at radius 2 is 2.11 bits per heavy atom. The lowest BCUT2D eigenvalue weighted by molar-refractivity contribution is -0.123. The molecule has 0 saturated heterocycles. The van der Waals surface area contributed by atoms with Crippen molar-refractivity contribution in [2.45, 2.75) is 33.2 Å². The van der Waals surface area contributed by atoms with Crippen LogP contribution in [0.5, 0.6) is 0 Å². The van der Waals surface area contributed by atoms with E-state index in [-0.39, 0.29) is 17.7 Å². The van der Waals surface area contributed by atoms with Gasteiger partial charge < -0.3 is 10.6 Å². The minimum atomic E-state index is -0.0183. The summed E-state index contributed by atoms with van der Waals surface area (Å²) in [5.41, 5.74) is 0. The molecular weight excluding hydrogens is 260 g/mol. The normalized spacial score (nSPS) is 20.9. The highest BCUT2D eigenvalue weighted by atomic mass is 32.1. The summed E-state index contributed by atoms with van der Waals surface area (Å²) in [5, 5.41) is 5.67. The zero-order valence-electron chi connectivity index (χ0n) is 11.4. The van der Waals surface area contributed by atoms with E-state index in [9.17, 15) is 9.59 Å². The zero-order valence-corrected chi connectivity index (χ0v) is 12.2. The van der Waals surface area contributed by atoms with Gasteiger partial charge in [-0.15, -0.1) is 11.3 Å². The summed E-state index contributed by atoms with van der Waals surface area (Å²) in [6.45, 7) is 5.12. The van der Waals surface area contributed by atoms with Gasteiger partial charge in [0.25, 0.3) is 0 Å². The number of nitrogens with one attached hydrogen (secondary N) is 2. The van der Waals surface area contributed by atoms with Crippen molar-refractivity contribution < 1.29 is 9.59 Å². The molecule has 104 valence electrons. The van der Waals surface area contributed by atoms with E-state index < -0.39 is 0 Å². The molecule has 5 heteroatoms. The molecule has 1 aromatic heterocycles. The Bertz CT molecular complexity index is 470. The third-order valence-corrected chi connectivity index (χ3v) is 4.35. The summed E-state index contributed by atoms with van der Waals surface area (Å²) in [4.78, 5) is 25.5. The molecule has 2 atom stereocenters. The van der Waals surface area contributed by atoms with Crippen molar-refractivity contribution in [1.82, 2.24) is 10.6 Å². The molecule has 4 nitrogen and oxygen atoms in total. The molecule has 2 unspecified atom stereocenters. The van der Waals surface area contributed by atoms with E-state index in [0.717, 1.165) is 11.3 Å². The van der Waals surface area contributed by atoms with E-state index in [1.807, 2.05) is 19.1 Å². The van der Waals surface area contributed by atoms with Gasteiger partial charge >= 0.3 is 0 Å². The monoisotopic (exact) mass is 280 g/mol. The Balaban J connectivity index is 1.58. The van der Waals surface area contributed by atoms with Gasteiger partial charge in [0.15, 0.2) is 0 Å². The van der Waals surface area contributed by atoms with Gasteiger partial charge in [0.05, 0.1) is 6.54 Å². The maximum atomic E-state index is 11.6. The van der Waals surface area contributed by atoms with E-state index >= 15 is 0 Å². The van der Waals surface area contributed by atoms with E-state index in [1.165, 1.54) is 4.88 Å². The van der Waals surface area contributed by atoms with Crippen molar-refractivity contribution in [2.75, 3.05) is 6.54 Å². The summed E-state index contributed by atoms with van der Waals surface area (Å²) in [7, 11) is 0. The SMILES string of the molecule is Cc1ccc(CNC(=O)CCNC(=O)C2CC2C)s1. The molecule has 2 N–H and O–H groups in total. The summed E-state index contributed by atoms with van der Waals surface area (Å²) in [5.74, 6) is 0.762. The molecule has 1 heterocycles. The van der Waals surface area contributed by atoms with Gasteiger partial charge in [0.1, 0.15) is 0 Å². The number of carbonyl (C=O) groups is 2. The third kappa shape index (κ3) is 4.35. The lowest BCUT2D eigenvalue weighted by Crippen LogP contribution is -2.31. The van der Waals surface area contributed by atoms with Crippen LogP contribution in [-0.2, 0) is 16.1 Å². The quantitative estimate of drug-likeness (QED) is 0.835. The van der Waals surface area contributed by atoms with Crippen LogP contribution in [0.15, 0.2) is 12.1 Å². The van der Waals surface area contributed by atoms with Crippen LogP contribution in [0.2, 0.25) is 0 Å². The van der Waals surface area contributed by atoms with Gasteiger partial charge in [-0.1, -0.05) is 6.92 Å². The molecule has 0 bridgehead atoms. The van der Waals surface area contributed by atoms with Crippen molar-refractivity contribution >= 4 is 23.2 Å². The molecule has 1 aliphatic rings. The number of thiophene rings is 1. The first-order valence-corrected chi connectivity index (χ1v) is 7.47. The fourth-order valence-corrected chi connectivity index (χ4v) is 2.80. The van der Waals surface area contributed by atoms with E-state index in [2.05, 4.69) is 17.6 Å². The first-order chi connectivity index (χ1) is 9.06. The number of rotatable bonds is 6. The first-order valence-electron chi connectivity index (χ1n) is 6.66. The van der Waals surface area contributed by atoms with Crippen LogP contribution >= 0.6 is 11.3 Å². The van der Waals surface area contributed by atoms with Crippen molar-refractivity contribution in [2.24, 2.45) is 11.8 Å². The Morgan fingerprint density at radius 3 is 2.68 bits per heavy atom. The average Bonchev–Trinajstić information content (AvgIpc) is 2.95. The molecule has 0 aromatic carbocycles. The number of amides is 2. The Morgan fingerprint density at radius 1 is 1.37 bits per heavy atom. The Labute approximate surface area is 117 Å². The largest absolute Gasteiger partial charge is 0.355 e. The van der Waals surface area contributed by atoms with E-state index in [0.29, 0.717) is 25.4 Å². The van der Waals surface area contributed by atoms with Crippen LogP contribution in [0.1, 0.15) is 29.5 Å². The smallest absolute Gasteiger partial charge is 0.223 e. The minimum absolute atomic E-state index is 0.0183. The van der Waals surface area contributed by atoms with Crippen molar-refractivity contribution in [3.05, 3.63) is 21.9 Å². The summed E-state index contributed by atoms with van der Waals surface area (Å²) in [6.07, 6.45) is 1.33. The van der Waals surface area contributed by atoms with Crippen LogP contribution in [-0.4, -0.2) is 18.4 Å². The lowest BCUT2D eigenvalue weighted by atomic mass is 10.3. The minimum Gasteiger partial charge on any atom is -0.355 e. The van der Waals surface area contributed by atoms with Crippen LogP contribution in [0, 0.1) is 18.8 Å². The van der Waals surface area contributed by atoms with Gasteiger partial charge in [0, 0.05) is 28.6 Å². The number of aryl methyl sites for hydroxylation is 1. The molecule has 0 radical (unpaired) electrons. The fraction of sp³-hybridized carbons (Fsp3) is 0.571. The van der Waals surface area contributed by atoms with E-state index in [4.69, 9.17) is 0 Å². The molecule has 2 amide bonds. The summed E-state index contributed by atoms with van der Waals surface area (Å²) >= 11 is 1.69. The standard InChI is InChI=1S/C14H20N2O2S/c1-9-7-12(9)14(18)15-6-5-13(17)16-8-11-4-3-10(2)19-11/h3-4,9,12H,5-8H2,1-2H3,(H,15,18)(H,16,17). The first kappa shape index (κ1) is 14.1. The van der Waals surface area contributed by atoms with Gasteiger partial charge in [0.2, 0.25) is 11.8 Å². The second-order valence-electron chi connectivity index (χ2n) is 5.15. The molecule has 1 saturated carbocycles. The fourth-order valence-electron chi connectivity index (χ4n) is 1.97. The van der Waals surface area contributed by atoms with Crippen molar-refractivity contribution in [1.29, 1.82) is 0 Å². The Hall–Kier alpha value is -1.36. The number of hydrogen-bond donors (Lipinski definition) is 2. The van der Waals surface area contributed by atoms with Crippen molar-refractivity contribution in [3.8, 4) is 0 Å². The van der Waals surface area contributed by atoms with Gasteiger partial charge in [-0.25, -0.2) is 0 Å². The van der Waals surface area contributed by atoms with Gasteiger partial charge in [-0.05, 0) is 31.4 Å². The maximum absolute atomic E-state index is 11.6. The van der Waals surface area contributed by atoms with Crippen molar-refractivity contribution in [3.63, 3.8) is 0 Å². The number of carbonyl (C=O) groups excluding carboxylic acids is 2. The molecular formula is C14H20N2O2S. The average molecular weight is 280 g/mol. The summed E-state index contributed by atoms with van der Waals surface area (Å²) in [6, 6.07) is 4.07. The van der Waals surface area contributed by atoms with E-state index in [1.54, 1.807) is 11.3 Å². The molecule has 0 spiro atoms. The Kier molecular flexibility index (Phi) is 4.58. The topological polar surface area (TPSA) is 58.2 Å². The molecule has 1 aliphatic carbocycles. The van der Waals surface area contributed by atoms with Gasteiger partial charge in [-0.2, -0.15) is 0 Å². The maximum Gasteiger partial charge on any atom is 0.223 e. The predicted molar refractivity (Wildman–Crippen MR) is 75.8 cm³/mol. The molecule has 2 rings (SSSR count). The van der Waals surface area contributed by atoms with Crippen LogP contribution < -0.4 is 10.6 Å². The summed E-state index contributed by atoms with van der Waals surface area (Å²) < 4.78 is 0. The highest BCUT2D eigenvalue weighted by Gasteiger charge is 2.38. The zero-order chi connectivity index (χ0) is 13.8. The van der Waals surface area contributed by atoms with Crippen LogP contribution in [0.3, 0.4) is 0 Å². The predicted octanol–water partition coefficient (Wildman–Crippen LogP) is 1.84. The second-order valence-corrected chi connectivity index (χ2v) is 6.52. The van der Waals surface area contributed by atoms with Crippen LogP contribution in [0.25, 0.3) is 0 Å². The molecule has 0 aliphatic heterocycles. The lowest BCUT2D eigenvalue weighted by Gasteiger charge is -2.05. The molecule has 1 aromatic rings. The number of hydrogen-bond acceptors (Lipinski definition) is 3. The van der Waals surface area contributed by atoms with Crippen LogP contribution in [0.4, 0.5) is 0 Å². The second kappa shape index (κ2) is 6.19. The highest BCUT2D eigenvalue weighted by Crippen LogP contribution is 2.37.